The summed E-state index contributed by atoms with van der Waals surface area (Å²) in [4.78, 5) is 1.75. The minimum atomic E-state index is -4.95. The van der Waals surface area contributed by atoms with E-state index in [1.165, 1.54) is 11.3 Å². The normalized spacial score (nSPS) is 11.6. The number of hydrogen-bond acceptors (Lipinski definition) is 5. The average molecular weight is 268 g/mol. The molecule has 0 N–H and O–H groups in total. The minimum absolute atomic E-state index is 0.189. The van der Waals surface area contributed by atoms with Crippen LogP contribution in [0.3, 0.4) is 0 Å². The molecule has 1 heterocycles. The molecule has 0 aliphatic heterocycles. The summed E-state index contributed by atoms with van der Waals surface area (Å²) in [6, 6.07) is 0. The number of rotatable bonds is 5. The first-order chi connectivity index (χ1) is 7.30. The van der Waals surface area contributed by atoms with Gasteiger partial charge in [0.2, 0.25) is 5.13 Å². The second-order valence-electron chi connectivity index (χ2n) is 3.27. The summed E-state index contributed by atoms with van der Waals surface area (Å²) >= 11 is 2.27. The molecule has 0 amide bonds. The predicted octanol–water partition coefficient (Wildman–Crippen LogP) is 2.64. The third kappa shape index (κ3) is 3.71. The van der Waals surface area contributed by atoms with Gasteiger partial charge in [-0.3, -0.25) is 0 Å². The van der Waals surface area contributed by atoms with Crippen LogP contribution < -0.4 is 4.90 Å². The van der Waals surface area contributed by atoms with E-state index in [0.717, 1.165) is 11.8 Å². The maximum Gasteiger partial charge on any atom is 0.505 e. The van der Waals surface area contributed by atoms with Gasteiger partial charge in [0, 0.05) is 14.1 Å². The molecule has 0 aliphatic rings. The van der Waals surface area contributed by atoms with Crippen LogP contribution in [0.1, 0.15) is 0 Å². The van der Waals surface area contributed by atoms with Crippen LogP contribution in [0.25, 0.3) is 0 Å². The van der Waals surface area contributed by atoms with E-state index < -0.39 is 12.4 Å². The fourth-order valence-electron chi connectivity index (χ4n) is 0.691. The third-order valence-electron chi connectivity index (χ3n) is 1.62. The number of nitrogens with zero attached hydrogens (tertiary/aromatic N) is 3. The van der Waals surface area contributed by atoms with Gasteiger partial charge >= 0.3 is 6.98 Å². The van der Waals surface area contributed by atoms with E-state index in [1.807, 2.05) is 0 Å². The van der Waals surface area contributed by atoms with Crippen molar-refractivity contribution in [2.24, 2.45) is 0 Å². The van der Waals surface area contributed by atoms with Crippen LogP contribution in [0.5, 0.6) is 0 Å². The third-order valence-corrected chi connectivity index (χ3v) is 3.96. The van der Waals surface area contributed by atoms with Crippen molar-refractivity contribution in [2.45, 2.75) is 4.34 Å². The van der Waals surface area contributed by atoms with E-state index in [4.69, 9.17) is 0 Å². The predicted molar refractivity (Wildman–Crippen MR) is 63.2 cm³/mol. The van der Waals surface area contributed by atoms with E-state index in [-0.39, 0.29) is 5.75 Å². The molecule has 0 aliphatic carbocycles. The van der Waals surface area contributed by atoms with E-state index in [1.54, 1.807) is 19.0 Å². The minimum Gasteiger partial charge on any atom is -0.445 e. The molecule has 1 aromatic rings. The lowest BCUT2D eigenvalue weighted by molar-refractivity contribution is 0.491. The van der Waals surface area contributed by atoms with E-state index >= 15 is 0 Å². The first-order valence-electron chi connectivity index (χ1n) is 4.32. The van der Waals surface area contributed by atoms with Gasteiger partial charge in [-0.1, -0.05) is 23.1 Å². The Morgan fingerprint density at radius 3 is 2.50 bits per heavy atom. The molecule has 0 saturated heterocycles. The number of thioether (sulfide) groups is 1. The first kappa shape index (κ1) is 13.4. The van der Waals surface area contributed by atoms with Gasteiger partial charge in [-0.05, 0) is 5.75 Å². The molecule has 1 rings (SSSR count). The van der Waals surface area contributed by atoms with E-state index in [0.29, 0.717) is 9.47 Å². The van der Waals surface area contributed by atoms with Crippen LogP contribution in [-0.4, -0.2) is 37.0 Å². The van der Waals surface area contributed by atoms with Gasteiger partial charge in [-0.15, -0.1) is 22.2 Å². The van der Waals surface area contributed by atoms with Crippen LogP contribution in [0.4, 0.5) is 18.1 Å². The fraction of sp³-hybridized carbons (Fsp3) is 0.429. The Hall–Kier alpha value is -0.695. The molecule has 0 radical (unpaired) electrons. The molecule has 0 fully saturated rings. The van der Waals surface area contributed by atoms with Gasteiger partial charge in [-0.25, -0.2) is 0 Å². The molecule has 1 aromatic heterocycles. The van der Waals surface area contributed by atoms with Crippen molar-refractivity contribution in [3.63, 3.8) is 0 Å². The summed E-state index contributed by atoms with van der Waals surface area (Å²) in [6.07, 6.45) is 0. The molecule has 0 bridgehead atoms. The Balaban J connectivity index is 2.52. The summed E-state index contributed by atoms with van der Waals surface area (Å²) in [5, 5.41) is 8.28. The fourth-order valence-corrected chi connectivity index (χ4v) is 2.43. The highest BCUT2D eigenvalue weighted by Gasteiger charge is 2.26. The lowest BCUT2D eigenvalue weighted by atomic mass is 9.82. The van der Waals surface area contributed by atoms with E-state index in [2.05, 4.69) is 16.8 Å². The van der Waals surface area contributed by atoms with Gasteiger partial charge < -0.3 is 17.8 Å². The average Bonchev–Trinajstić information content (AvgIpc) is 2.60. The highest BCUT2D eigenvalue weighted by molar-refractivity contribution is 8.01. The number of halogens is 3. The highest BCUT2D eigenvalue weighted by atomic mass is 32.2. The van der Waals surface area contributed by atoms with Crippen LogP contribution in [0.15, 0.2) is 16.4 Å². The molecule has 0 spiro atoms. The van der Waals surface area contributed by atoms with Crippen molar-refractivity contribution in [1.29, 1.82) is 0 Å². The van der Waals surface area contributed by atoms with Gasteiger partial charge in [0.15, 0.2) is 4.34 Å². The molecule has 0 unspecified atom stereocenters. The van der Waals surface area contributed by atoms with Crippen LogP contribution in [0.2, 0.25) is 0 Å². The molecule has 0 atom stereocenters. The van der Waals surface area contributed by atoms with Gasteiger partial charge in [0.05, 0.1) is 0 Å². The summed E-state index contributed by atoms with van der Waals surface area (Å²) in [7, 11) is 3.60. The largest absolute Gasteiger partial charge is 0.505 e. The molecule has 16 heavy (non-hydrogen) atoms. The van der Waals surface area contributed by atoms with Gasteiger partial charge in [0.1, 0.15) is 0 Å². The van der Waals surface area contributed by atoms with Crippen LogP contribution in [0, 0.1) is 0 Å². The molecule has 0 aromatic carbocycles. The van der Waals surface area contributed by atoms with Crippen LogP contribution >= 0.6 is 23.1 Å². The second-order valence-corrected chi connectivity index (χ2v) is 5.45. The zero-order chi connectivity index (χ0) is 12.3. The Morgan fingerprint density at radius 1 is 1.44 bits per heavy atom. The summed E-state index contributed by atoms with van der Waals surface area (Å²) in [5.41, 5.74) is -0.702. The molecular formula is C7H10BF3N3S2-. The van der Waals surface area contributed by atoms with Crippen molar-refractivity contribution in [1.82, 2.24) is 10.2 Å². The highest BCUT2D eigenvalue weighted by Crippen LogP contribution is 2.30. The van der Waals surface area contributed by atoms with Crippen molar-refractivity contribution in [3.05, 3.63) is 12.1 Å². The lowest BCUT2D eigenvalue weighted by Gasteiger charge is -2.16. The summed E-state index contributed by atoms with van der Waals surface area (Å²) < 4.78 is 37.1. The Bertz CT molecular complexity index is 377. The Kier molecular flexibility index (Phi) is 4.25. The lowest BCUT2D eigenvalue weighted by Crippen LogP contribution is -2.20. The van der Waals surface area contributed by atoms with Crippen molar-refractivity contribution < 1.29 is 12.9 Å². The second kappa shape index (κ2) is 5.09. The van der Waals surface area contributed by atoms with Gasteiger partial charge in [0.25, 0.3) is 0 Å². The number of anilines is 1. The molecule has 90 valence electrons. The monoisotopic (exact) mass is 268 g/mol. The summed E-state index contributed by atoms with van der Waals surface area (Å²) in [6.45, 7) is -1.94. The SMILES string of the molecule is C=C(CSc1nnc(N(C)C)s1)[B-](F)(F)F. The molecular weight excluding hydrogens is 258 g/mol. The Morgan fingerprint density at radius 2 is 2.06 bits per heavy atom. The molecule has 0 saturated carbocycles. The zero-order valence-corrected chi connectivity index (χ0v) is 10.4. The van der Waals surface area contributed by atoms with Crippen molar-refractivity contribution in [2.75, 3.05) is 24.7 Å². The number of hydrogen-bond donors (Lipinski definition) is 0. The maximum absolute atomic E-state index is 12.2. The standard InChI is InChI=1S/C7H10BF3N3S2/c1-5(8(9,10)11)4-15-7-13-12-6(16-7)14(2)3/h1,4H2,2-3H3/q-1. The molecule has 9 heteroatoms. The van der Waals surface area contributed by atoms with Gasteiger partial charge in [-0.2, -0.15) is 0 Å². The topological polar surface area (TPSA) is 29.0 Å². The smallest absolute Gasteiger partial charge is 0.445 e. The molecule has 3 nitrogen and oxygen atoms in total. The summed E-state index contributed by atoms with van der Waals surface area (Å²) in [5.74, 6) is -0.189. The number of aromatic nitrogens is 2. The van der Waals surface area contributed by atoms with E-state index in [9.17, 15) is 12.9 Å². The maximum atomic E-state index is 12.2. The van der Waals surface area contributed by atoms with Crippen LogP contribution in [-0.2, 0) is 0 Å². The first-order valence-corrected chi connectivity index (χ1v) is 6.12. The Labute approximate surface area is 99.8 Å². The quantitative estimate of drug-likeness (QED) is 0.606. The van der Waals surface area contributed by atoms with Crippen molar-refractivity contribution >= 4 is 35.2 Å². The zero-order valence-electron chi connectivity index (χ0n) is 8.78. The van der Waals surface area contributed by atoms with Crippen molar-refractivity contribution in [3.8, 4) is 0 Å².